The van der Waals surface area contributed by atoms with Crippen molar-refractivity contribution in [1.82, 2.24) is 4.98 Å². The first-order valence-corrected chi connectivity index (χ1v) is 5.59. The van der Waals surface area contributed by atoms with E-state index in [1.807, 2.05) is 42.5 Å². The average molecular weight is 420 g/mol. The minimum atomic E-state index is -0.227. The molecule has 1 unspecified atom stereocenters. The molecule has 0 aliphatic carbocycles. The van der Waals surface area contributed by atoms with E-state index in [0.717, 1.165) is 11.3 Å². The number of pyridine rings is 1. The summed E-state index contributed by atoms with van der Waals surface area (Å²) in [4.78, 5) is 4.22. The second-order valence-electron chi connectivity index (χ2n) is 3.63. The Kier molecular flexibility index (Phi) is 9.39. The van der Waals surface area contributed by atoms with Crippen LogP contribution in [0.25, 0.3) is 11.3 Å². The molecular weight excluding hydrogens is 402 g/mol. The van der Waals surface area contributed by atoms with Crippen LogP contribution in [0, 0.1) is 13.0 Å². The van der Waals surface area contributed by atoms with Crippen molar-refractivity contribution in [1.29, 1.82) is 0 Å². The molecule has 0 spiro atoms. The van der Waals surface area contributed by atoms with Crippen LogP contribution < -0.4 is 0 Å². The fourth-order valence-corrected chi connectivity index (χ4v) is 1.07. The van der Waals surface area contributed by atoms with Crippen LogP contribution in [0.3, 0.4) is 0 Å². The van der Waals surface area contributed by atoms with Crippen molar-refractivity contribution in [2.75, 3.05) is 0 Å². The zero-order chi connectivity index (χ0) is 12.5. The second-order valence-corrected chi connectivity index (χ2v) is 3.63. The molecule has 0 saturated heterocycles. The number of hydrogen-bond acceptors (Lipinski definition) is 2. The van der Waals surface area contributed by atoms with Gasteiger partial charge in [-0.3, -0.25) is 0 Å². The molecule has 0 bridgehead atoms. The van der Waals surface area contributed by atoms with Gasteiger partial charge in [0, 0.05) is 32.4 Å². The Morgan fingerprint density at radius 2 is 1.94 bits per heavy atom. The van der Waals surface area contributed by atoms with Crippen molar-refractivity contribution in [3.05, 3.63) is 61.7 Å². The molecule has 1 aromatic carbocycles. The molecule has 99 valence electrons. The topological polar surface area (TPSA) is 33.1 Å². The number of aliphatic hydroxyl groups is 1. The fourth-order valence-electron chi connectivity index (χ4n) is 1.07. The molecule has 2 aromatic rings. The molecule has 0 aliphatic rings. The maximum absolute atomic E-state index is 8.30. The summed E-state index contributed by atoms with van der Waals surface area (Å²) in [5.74, 6) is 0. The van der Waals surface area contributed by atoms with E-state index in [4.69, 9.17) is 5.11 Å². The maximum Gasteiger partial charge on any atom is 0.0241 e. The third-order valence-electron chi connectivity index (χ3n) is 2.07. The number of benzene rings is 1. The quantitative estimate of drug-likeness (QED) is 0.759. The first-order valence-electron chi connectivity index (χ1n) is 5.59. The molecule has 1 N–H and O–H groups in total. The fraction of sp³-hybridized carbons (Fsp3) is 0.200. The number of nitrogens with zero attached hydrogens (tertiary/aromatic N) is 1. The van der Waals surface area contributed by atoms with Gasteiger partial charge in [-0.15, -0.1) is 35.9 Å². The summed E-state index contributed by atoms with van der Waals surface area (Å²) in [5, 5.41) is 8.30. The monoisotopic (exact) mass is 420 g/mol. The Bertz CT molecular complexity index is 366. The van der Waals surface area contributed by atoms with Crippen LogP contribution >= 0.6 is 0 Å². The van der Waals surface area contributed by atoms with Crippen LogP contribution in [0.4, 0.5) is 0 Å². The molecule has 0 aliphatic heterocycles. The van der Waals surface area contributed by atoms with E-state index < -0.39 is 0 Å². The van der Waals surface area contributed by atoms with Crippen molar-refractivity contribution in [3.8, 4) is 11.3 Å². The summed E-state index contributed by atoms with van der Waals surface area (Å²) in [5.41, 5.74) is 2.01. The van der Waals surface area contributed by atoms with Crippen molar-refractivity contribution in [2.24, 2.45) is 0 Å². The Balaban J connectivity index is 0.000000421. The maximum atomic E-state index is 8.30. The molecule has 1 atom stereocenters. The smallest absolute Gasteiger partial charge is 0.0241 e. The van der Waals surface area contributed by atoms with Crippen molar-refractivity contribution in [2.45, 2.75) is 19.4 Å². The van der Waals surface area contributed by atoms with Crippen LogP contribution in [0.1, 0.15) is 13.3 Å². The minimum absolute atomic E-state index is 0. The summed E-state index contributed by atoms with van der Waals surface area (Å²) in [6.45, 7) is 5.15. The van der Waals surface area contributed by atoms with Gasteiger partial charge in [0.1, 0.15) is 0 Å². The molecule has 1 radical (unpaired) electrons. The normalized spacial score (nSPS) is 10.6. The van der Waals surface area contributed by atoms with Gasteiger partial charge >= 0.3 is 0 Å². The third kappa shape index (κ3) is 6.65. The first kappa shape index (κ1) is 17.0. The van der Waals surface area contributed by atoms with E-state index in [0.29, 0.717) is 6.42 Å². The minimum Gasteiger partial charge on any atom is -0.396 e. The van der Waals surface area contributed by atoms with Gasteiger partial charge in [0.05, 0.1) is 0 Å². The number of aliphatic hydroxyl groups excluding tert-OH is 1. The van der Waals surface area contributed by atoms with E-state index in [9.17, 15) is 0 Å². The Morgan fingerprint density at radius 1 is 1.28 bits per heavy atom. The molecule has 0 fully saturated rings. The van der Waals surface area contributed by atoms with E-state index in [1.165, 1.54) is 0 Å². The van der Waals surface area contributed by atoms with Gasteiger partial charge in [0.25, 0.3) is 0 Å². The number of aromatic nitrogens is 1. The van der Waals surface area contributed by atoms with Gasteiger partial charge in [0.15, 0.2) is 0 Å². The molecule has 2 nitrogen and oxygen atoms in total. The van der Waals surface area contributed by atoms with Crippen LogP contribution in [0.5, 0.6) is 0 Å². The number of rotatable bonds is 2. The average Bonchev–Trinajstić information content (AvgIpc) is 2.41. The summed E-state index contributed by atoms with van der Waals surface area (Å²) >= 11 is 0. The van der Waals surface area contributed by atoms with Gasteiger partial charge in [-0.05, 0) is 18.7 Å². The number of hydrogen-bond donors (Lipinski definition) is 1. The molecule has 1 aromatic heterocycles. The van der Waals surface area contributed by atoms with Crippen LogP contribution in [-0.2, 0) is 20.1 Å². The molecule has 3 heteroatoms. The Hall–Kier alpha value is -1.02. The molecule has 0 amide bonds. The Morgan fingerprint density at radius 3 is 2.39 bits per heavy atom. The zero-order valence-electron chi connectivity index (χ0n) is 10.3. The van der Waals surface area contributed by atoms with Crippen LogP contribution in [0.15, 0.2) is 48.7 Å². The predicted octanol–water partition coefficient (Wildman–Crippen LogP) is 3.14. The van der Waals surface area contributed by atoms with Gasteiger partial charge in [-0.2, -0.15) is 6.42 Å². The summed E-state index contributed by atoms with van der Waals surface area (Å²) < 4.78 is 0. The SMILES string of the molecule is [CH2-]CC(C)O.[Ir].[c-]1ccccc1-c1ccccn1. The van der Waals surface area contributed by atoms with Gasteiger partial charge in [-0.25, -0.2) is 0 Å². The Labute approximate surface area is 122 Å². The zero-order valence-corrected chi connectivity index (χ0v) is 12.7. The second kappa shape index (κ2) is 9.95. The van der Waals surface area contributed by atoms with Gasteiger partial charge in [-0.1, -0.05) is 12.1 Å². The van der Waals surface area contributed by atoms with E-state index in [1.54, 1.807) is 13.1 Å². The molecular formula is C15H17IrNO-2. The van der Waals surface area contributed by atoms with Crippen LogP contribution in [0.2, 0.25) is 0 Å². The largest absolute Gasteiger partial charge is 0.396 e. The van der Waals surface area contributed by atoms with Gasteiger partial charge < -0.3 is 17.0 Å². The van der Waals surface area contributed by atoms with Crippen molar-refractivity contribution >= 4 is 0 Å². The summed E-state index contributed by atoms with van der Waals surface area (Å²) in [6.07, 6.45) is 2.17. The van der Waals surface area contributed by atoms with E-state index in [2.05, 4.69) is 18.0 Å². The van der Waals surface area contributed by atoms with E-state index in [-0.39, 0.29) is 26.2 Å². The summed E-state index contributed by atoms with van der Waals surface area (Å²) in [7, 11) is 0. The predicted molar refractivity (Wildman–Crippen MR) is 70.2 cm³/mol. The van der Waals surface area contributed by atoms with Gasteiger partial charge in [0.2, 0.25) is 0 Å². The van der Waals surface area contributed by atoms with Crippen molar-refractivity contribution in [3.63, 3.8) is 0 Å². The van der Waals surface area contributed by atoms with E-state index >= 15 is 0 Å². The molecule has 18 heavy (non-hydrogen) atoms. The third-order valence-corrected chi connectivity index (χ3v) is 2.07. The van der Waals surface area contributed by atoms with Crippen molar-refractivity contribution < 1.29 is 25.2 Å². The molecule has 2 rings (SSSR count). The standard InChI is InChI=1S/C11H8N.C4H9O.Ir/c1-2-6-10(7-3-1)11-8-4-5-9-12-11;1-3-4(2)5;/h1-6,8-9H;4-5H,1,3H2,2H3;/q2*-1;. The van der Waals surface area contributed by atoms with Crippen LogP contribution in [-0.4, -0.2) is 16.2 Å². The molecule has 1 heterocycles. The summed E-state index contributed by atoms with van der Waals surface area (Å²) in [6, 6.07) is 16.8. The molecule has 0 saturated carbocycles. The first-order chi connectivity index (χ1) is 8.24.